The summed E-state index contributed by atoms with van der Waals surface area (Å²) in [7, 11) is 0. The average molecular weight is 180 g/mol. The van der Waals surface area contributed by atoms with Crippen LogP contribution in [0, 0.1) is 6.10 Å². The van der Waals surface area contributed by atoms with Gasteiger partial charge in [-0.05, 0) is 19.4 Å². The van der Waals surface area contributed by atoms with Crippen LogP contribution in [0.25, 0.3) is 6.08 Å². The molecule has 0 saturated carbocycles. The fourth-order valence-electron chi connectivity index (χ4n) is 1.61. The minimum Gasteiger partial charge on any atom is -0.410 e. The number of rotatable bonds is 2. The van der Waals surface area contributed by atoms with Gasteiger partial charge in [-0.25, -0.2) is 0 Å². The molecular weight excluding hydrogens is 167 g/mol. The molecule has 14 heavy (non-hydrogen) atoms. The van der Waals surface area contributed by atoms with Crippen molar-refractivity contribution < 1.29 is 23.6 Å². The van der Waals surface area contributed by atoms with Crippen LogP contribution >= 0.6 is 0 Å². The van der Waals surface area contributed by atoms with E-state index >= 15 is 0 Å². The van der Waals surface area contributed by atoms with E-state index in [1.165, 1.54) is 11.1 Å². The van der Waals surface area contributed by atoms with Gasteiger partial charge < -0.3 is 4.74 Å². The Balaban J connectivity index is 0.000000980. The number of fused-ring (bicyclic) bond motifs is 1. The van der Waals surface area contributed by atoms with Crippen LogP contribution in [0.15, 0.2) is 30.3 Å². The Morgan fingerprint density at radius 3 is 2.93 bits per heavy atom. The molecule has 0 fully saturated rings. The molecule has 1 aliphatic rings. The van der Waals surface area contributed by atoms with Gasteiger partial charge in [-0.1, -0.05) is 6.07 Å². The van der Waals surface area contributed by atoms with Crippen LogP contribution in [0.4, 0.5) is 0 Å². The zero-order valence-corrected chi connectivity index (χ0v) is 8.79. The summed E-state index contributed by atoms with van der Waals surface area (Å²) in [6.07, 6.45) is 6.32. The molecule has 1 aromatic rings. The second-order valence-electron chi connectivity index (χ2n) is 3.05. The fraction of sp³-hybridized carbons (Fsp3) is 0.250. The zero-order valence-electron chi connectivity index (χ0n) is 8.79. The third-order valence-corrected chi connectivity index (χ3v) is 2.18. The Bertz CT molecular complexity index is 320. The third kappa shape index (κ3) is 2.25. The summed E-state index contributed by atoms with van der Waals surface area (Å²) in [6, 6.07) is 8.34. The summed E-state index contributed by atoms with van der Waals surface area (Å²) < 4.78 is 5.57. The molecule has 0 unspecified atom stereocenters. The predicted octanol–water partition coefficient (Wildman–Crippen LogP) is 0.0241. The molecule has 2 heteroatoms. The number of ether oxygens (including phenoxy) is 1. The van der Waals surface area contributed by atoms with Crippen molar-refractivity contribution in [3.63, 3.8) is 0 Å². The molecule has 68 valence electrons. The Hall–Kier alpha value is -0.613. The fourth-order valence-corrected chi connectivity index (χ4v) is 1.61. The van der Waals surface area contributed by atoms with Gasteiger partial charge >= 0.3 is 18.9 Å². The molecule has 0 radical (unpaired) electrons. The van der Waals surface area contributed by atoms with Crippen molar-refractivity contribution in [2.24, 2.45) is 0 Å². The normalized spacial score (nSPS) is 13.4. The molecule has 0 heterocycles. The van der Waals surface area contributed by atoms with Gasteiger partial charge in [0.15, 0.2) is 0 Å². The number of hydrogen-bond acceptors (Lipinski definition) is 1. The van der Waals surface area contributed by atoms with Gasteiger partial charge in [0.1, 0.15) is 0 Å². The maximum atomic E-state index is 5.57. The van der Waals surface area contributed by atoms with Crippen LogP contribution in [0.2, 0.25) is 0 Å². The van der Waals surface area contributed by atoms with Crippen molar-refractivity contribution >= 4 is 6.08 Å². The molecule has 0 aliphatic heterocycles. The molecule has 1 aliphatic carbocycles. The van der Waals surface area contributed by atoms with Crippen molar-refractivity contribution in [3.05, 3.63) is 47.6 Å². The van der Waals surface area contributed by atoms with E-state index in [1.807, 2.05) is 6.92 Å². The first-order chi connectivity index (χ1) is 6.42. The van der Waals surface area contributed by atoms with E-state index in [0.717, 1.165) is 19.1 Å². The first-order valence-corrected chi connectivity index (χ1v) is 4.66. The van der Waals surface area contributed by atoms with E-state index in [-0.39, 0.29) is 18.9 Å². The SMILES string of the molecule is CCO[C-]1CC=Cc2ccccc21.[Li+]. The van der Waals surface area contributed by atoms with Gasteiger partial charge in [-0.15, -0.1) is 29.8 Å². The first-order valence-electron chi connectivity index (χ1n) is 4.66. The Morgan fingerprint density at radius 1 is 1.36 bits per heavy atom. The van der Waals surface area contributed by atoms with Crippen molar-refractivity contribution in [1.29, 1.82) is 0 Å². The zero-order chi connectivity index (χ0) is 9.10. The first kappa shape index (κ1) is 11.5. The van der Waals surface area contributed by atoms with Gasteiger partial charge in [0.2, 0.25) is 0 Å². The van der Waals surface area contributed by atoms with E-state index in [2.05, 4.69) is 36.4 Å². The Kier molecular flexibility index (Phi) is 4.35. The van der Waals surface area contributed by atoms with E-state index in [0.29, 0.717) is 0 Å². The number of hydrogen-bond donors (Lipinski definition) is 0. The largest absolute Gasteiger partial charge is 1.00 e. The second-order valence-corrected chi connectivity index (χ2v) is 3.05. The van der Waals surface area contributed by atoms with E-state index in [9.17, 15) is 0 Å². The Morgan fingerprint density at radius 2 is 2.14 bits per heavy atom. The van der Waals surface area contributed by atoms with Crippen LogP contribution in [0.3, 0.4) is 0 Å². The van der Waals surface area contributed by atoms with E-state index < -0.39 is 0 Å². The monoisotopic (exact) mass is 180 g/mol. The van der Waals surface area contributed by atoms with Crippen LogP contribution in [-0.2, 0) is 4.74 Å². The topological polar surface area (TPSA) is 9.23 Å². The summed E-state index contributed by atoms with van der Waals surface area (Å²) >= 11 is 0. The standard InChI is InChI=1S/C12H13O.Li/c1-2-13-12-9-5-7-10-6-3-4-8-11(10)12;/h3-8H,2,9H2,1H3;/q-1;+1. The van der Waals surface area contributed by atoms with E-state index in [4.69, 9.17) is 4.74 Å². The average Bonchev–Trinajstić information content (AvgIpc) is 2.19. The molecule has 0 amide bonds. The molecule has 0 N–H and O–H groups in total. The maximum absolute atomic E-state index is 5.57. The van der Waals surface area contributed by atoms with Crippen LogP contribution in [0.1, 0.15) is 24.5 Å². The quantitative estimate of drug-likeness (QED) is 0.460. The van der Waals surface area contributed by atoms with Crippen LogP contribution in [-0.4, -0.2) is 6.61 Å². The summed E-state index contributed by atoms with van der Waals surface area (Å²) in [4.78, 5) is 0. The summed E-state index contributed by atoms with van der Waals surface area (Å²) in [5, 5.41) is 0. The minimum atomic E-state index is 0. The Labute approximate surface area is 97.3 Å². The van der Waals surface area contributed by atoms with Gasteiger partial charge in [-0.3, -0.25) is 0 Å². The molecule has 1 nitrogen and oxygen atoms in total. The van der Waals surface area contributed by atoms with Gasteiger partial charge in [0.25, 0.3) is 0 Å². The molecule has 0 saturated heterocycles. The predicted molar refractivity (Wildman–Crippen MR) is 54.1 cm³/mol. The molecule has 1 aromatic carbocycles. The molecule has 0 spiro atoms. The summed E-state index contributed by atoms with van der Waals surface area (Å²) in [6.45, 7) is 2.77. The maximum Gasteiger partial charge on any atom is 1.00 e. The van der Waals surface area contributed by atoms with Crippen LogP contribution in [0.5, 0.6) is 0 Å². The van der Waals surface area contributed by atoms with Crippen molar-refractivity contribution in [3.8, 4) is 0 Å². The number of benzene rings is 1. The van der Waals surface area contributed by atoms with Crippen molar-refractivity contribution in [2.45, 2.75) is 13.3 Å². The van der Waals surface area contributed by atoms with Gasteiger partial charge in [0, 0.05) is 6.61 Å². The molecule has 0 atom stereocenters. The molecule has 2 rings (SSSR count). The second kappa shape index (κ2) is 5.31. The minimum absolute atomic E-state index is 0. The van der Waals surface area contributed by atoms with E-state index in [1.54, 1.807) is 0 Å². The smallest absolute Gasteiger partial charge is 0.410 e. The van der Waals surface area contributed by atoms with Gasteiger partial charge in [-0.2, -0.15) is 11.6 Å². The van der Waals surface area contributed by atoms with Crippen molar-refractivity contribution in [1.82, 2.24) is 0 Å². The van der Waals surface area contributed by atoms with Crippen molar-refractivity contribution in [2.75, 3.05) is 6.61 Å². The molecular formula is C12H13LiO. The molecule has 0 aromatic heterocycles. The molecule has 0 bridgehead atoms. The summed E-state index contributed by atoms with van der Waals surface area (Å²) in [5.41, 5.74) is 2.50. The van der Waals surface area contributed by atoms with Crippen LogP contribution < -0.4 is 18.9 Å². The summed E-state index contributed by atoms with van der Waals surface area (Å²) in [5.74, 6) is 0. The third-order valence-electron chi connectivity index (χ3n) is 2.18. The van der Waals surface area contributed by atoms with Gasteiger partial charge in [0.05, 0.1) is 0 Å².